The number of alkyl halides is 3. The predicted molar refractivity (Wildman–Crippen MR) is 95.5 cm³/mol. The van der Waals surface area contributed by atoms with Crippen LogP contribution in [0.3, 0.4) is 0 Å². The summed E-state index contributed by atoms with van der Waals surface area (Å²) in [5.74, 6) is 0.288. The normalized spacial score (nSPS) is 34.1. The SMILES string of the molecule is CC1(C)C(NC(=O)N2CC(O)CC2c2ccc(C(F)(F)F)cc2)C2CCOC21. The Labute approximate surface area is 161 Å². The maximum Gasteiger partial charge on any atom is 0.416 e. The van der Waals surface area contributed by atoms with Gasteiger partial charge in [0.25, 0.3) is 0 Å². The molecule has 0 spiro atoms. The van der Waals surface area contributed by atoms with Crippen LogP contribution in [-0.2, 0) is 10.9 Å². The minimum atomic E-state index is -4.40. The van der Waals surface area contributed by atoms with Crippen LogP contribution in [0.5, 0.6) is 0 Å². The van der Waals surface area contributed by atoms with Crippen LogP contribution in [0.25, 0.3) is 0 Å². The number of β-amino-alcohol motifs (C(OH)–C–C–N with tert-alkyl or cyclic N) is 1. The second kappa shape index (κ2) is 6.62. The Morgan fingerprint density at radius 3 is 2.61 bits per heavy atom. The second-order valence-electron chi connectivity index (χ2n) is 8.67. The van der Waals surface area contributed by atoms with E-state index in [-0.39, 0.29) is 36.1 Å². The summed E-state index contributed by atoms with van der Waals surface area (Å²) >= 11 is 0. The lowest BCUT2D eigenvalue weighted by molar-refractivity contribution is -0.137. The number of carbonyl (C=O) groups is 1. The van der Waals surface area contributed by atoms with Crippen LogP contribution >= 0.6 is 0 Å². The number of likely N-dealkylation sites (tertiary alicyclic amines) is 1. The van der Waals surface area contributed by atoms with Crippen LogP contribution in [0.1, 0.15) is 43.9 Å². The van der Waals surface area contributed by atoms with Gasteiger partial charge in [-0.25, -0.2) is 4.79 Å². The van der Waals surface area contributed by atoms with E-state index in [1.807, 2.05) is 0 Å². The molecule has 3 fully saturated rings. The van der Waals surface area contributed by atoms with Crippen molar-refractivity contribution in [2.75, 3.05) is 13.2 Å². The Bertz CT molecular complexity index is 750. The van der Waals surface area contributed by atoms with E-state index in [9.17, 15) is 23.1 Å². The van der Waals surface area contributed by atoms with Crippen LogP contribution in [0.4, 0.5) is 18.0 Å². The summed E-state index contributed by atoms with van der Waals surface area (Å²) in [4.78, 5) is 14.5. The average Bonchev–Trinajstić information content (AvgIpc) is 3.24. The fourth-order valence-electron chi connectivity index (χ4n) is 5.08. The monoisotopic (exact) mass is 398 g/mol. The summed E-state index contributed by atoms with van der Waals surface area (Å²) in [6, 6.07) is 4.07. The summed E-state index contributed by atoms with van der Waals surface area (Å²) in [5.41, 5.74) is -0.303. The molecule has 5 unspecified atom stereocenters. The molecule has 1 saturated carbocycles. The van der Waals surface area contributed by atoms with E-state index in [1.54, 1.807) is 0 Å². The van der Waals surface area contributed by atoms with Gasteiger partial charge in [0.2, 0.25) is 0 Å². The number of fused-ring (bicyclic) bond motifs is 1. The Morgan fingerprint density at radius 1 is 1.29 bits per heavy atom. The van der Waals surface area contributed by atoms with E-state index in [2.05, 4.69) is 19.2 Å². The Balaban J connectivity index is 1.49. The zero-order valence-electron chi connectivity index (χ0n) is 15.9. The highest BCUT2D eigenvalue weighted by Crippen LogP contribution is 2.52. The Kier molecular flexibility index (Phi) is 4.62. The third-order valence-corrected chi connectivity index (χ3v) is 6.54. The lowest BCUT2D eigenvalue weighted by Gasteiger charge is -2.54. The van der Waals surface area contributed by atoms with Gasteiger partial charge in [0.15, 0.2) is 0 Å². The maximum atomic E-state index is 13.0. The van der Waals surface area contributed by atoms with Gasteiger partial charge >= 0.3 is 12.2 Å². The number of aliphatic hydroxyl groups is 1. The highest BCUT2D eigenvalue weighted by Gasteiger charge is 2.60. The van der Waals surface area contributed by atoms with Crippen LogP contribution in [0.15, 0.2) is 24.3 Å². The minimum absolute atomic E-state index is 0.0153. The molecule has 3 aliphatic rings. The van der Waals surface area contributed by atoms with Crippen molar-refractivity contribution in [2.24, 2.45) is 11.3 Å². The fourth-order valence-corrected chi connectivity index (χ4v) is 5.08. The molecular weight excluding hydrogens is 373 g/mol. The number of carbonyl (C=O) groups excluding carboxylic acids is 1. The zero-order valence-corrected chi connectivity index (χ0v) is 15.9. The predicted octanol–water partition coefficient (Wildman–Crippen LogP) is 3.34. The first-order chi connectivity index (χ1) is 13.1. The van der Waals surface area contributed by atoms with Crippen LogP contribution < -0.4 is 5.32 Å². The molecule has 0 aromatic heterocycles. The largest absolute Gasteiger partial charge is 0.416 e. The van der Waals surface area contributed by atoms with E-state index in [4.69, 9.17) is 4.74 Å². The van der Waals surface area contributed by atoms with Gasteiger partial charge in [-0.3, -0.25) is 0 Å². The number of ether oxygens (including phenoxy) is 1. The van der Waals surface area contributed by atoms with Crippen LogP contribution in [0.2, 0.25) is 0 Å². The quantitative estimate of drug-likeness (QED) is 0.803. The molecular formula is C20H25F3N2O3. The third kappa shape index (κ3) is 3.16. The molecule has 4 rings (SSSR count). The number of benzene rings is 1. The molecule has 1 aliphatic carbocycles. The van der Waals surface area contributed by atoms with Crippen LogP contribution in [-0.4, -0.2) is 47.4 Å². The molecule has 2 saturated heterocycles. The van der Waals surface area contributed by atoms with Gasteiger partial charge in [0, 0.05) is 30.5 Å². The van der Waals surface area contributed by atoms with Gasteiger partial charge in [0.1, 0.15) is 0 Å². The molecule has 8 heteroatoms. The first kappa shape index (κ1) is 19.5. The van der Waals surface area contributed by atoms with E-state index in [0.717, 1.165) is 18.6 Å². The Morgan fingerprint density at radius 2 is 1.96 bits per heavy atom. The molecule has 5 nitrogen and oxygen atoms in total. The molecule has 0 bridgehead atoms. The smallest absolute Gasteiger partial charge is 0.391 e. The number of urea groups is 1. The number of nitrogens with one attached hydrogen (secondary N) is 1. The minimum Gasteiger partial charge on any atom is -0.391 e. The third-order valence-electron chi connectivity index (χ3n) is 6.54. The van der Waals surface area contributed by atoms with Crippen molar-refractivity contribution in [3.8, 4) is 0 Å². The lowest BCUT2D eigenvalue weighted by Crippen LogP contribution is -2.67. The Hall–Kier alpha value is -1.80. The van der Waals surface area contributed by atoms with Crippen molar-refractivity contribution in [1.29, 1.82) is 0 Å². The van der Waals surface area contributed by atoms with Gasteiger partial charge in [-0.2, -0.15) is 13.2 Å². The van der Waals surface area contributed by atoms with Gasteiger partial charge in [-0.15, -0.1) is 0 Å². The molecule has 5 atom stereocenters. The molecule has 1 aromatic carbocycles. The number of aliphatic hydroxyl groups excluding tert-OH is 1. The van der Waals surface area contributed by atoms with Crippen molar-refractivity contribution >= 4 is 6.03 Å². The van der Waals surface area contributed by atoms with Gasteiger partial charge in [-0.1, -0.05) is 26.0 Å². The van der Waals surface area contributed by atoms with Gasteiger partial charge < -0.3 is 20.1 Å². The summed E-state index contributed by atoms with van der Waals surface area (Å²) in [6.45, 7) is 4.99. The standard InChI is InChI=1S/C20H25F3N2O3/c1-19(2)16(14-7-8-28-17(14)19)24-18(27)25-10-13(26)9-15(25)11-3-5-12(6-4-11)20(21,22)23/h3-6,13-17,26H,7-10H2,1-2H3,(H,24,27). The second-order valence-corrected chi connectivity index (χ2v) is 8.67. The summed E-state index contributed by atoms with van der Waals surface area (Å²) in [6.07, 6.45) is -3.74. The number of rotatable bonds is 2. The number of amides is 2. The van der Waals surface area contributed by atoms with Crippen molar-refractivity contribution in [2.45, 2.75) is 57.2 Å². The van der Waals surface area contributed by atoms with E-state index in [0.29, 0.717) is 18.6 Å². The fraction of sp³-hybridized carbons (Fsp3) is 0.650. The lowest BCUT2D eigenvalue weighted by atomic mass is 9.57. The number of nitrogens with zero attached hydrogens (tertiary/aromatic N) is 1. The molecule has 2 N–H and O–H groups in total. The highest BCUT2D eigenvalue weighted by molar-refractivity contribution is 5.76. The first-order valence-electron chi connectivity index (χ1n) is 9.63. The topological polar surface area (TPSA) is 61.8 Å². The number of hydrogen-bond acceptors (Lipinski definition) is 3. The summed E-state index contributed by atoms with van der Waals surface area (Å²) < 4.78 is 44.2. The summed E-state index contributed by atoms with van der Waals surface area (Å²) in [7, 11) is 0. The average molecular weight is 398 g/mol. The molecule has 0 radical (unpaired) electrons. The highest BCUT2D eigenvalue weighted by atomic mass is 19.4. The van der Waals surface area contributed by atoms with Crippen molar-refractivity contribution in [1.82, 2.24) is 10.2 Å². The number of hydrogen-bond donors (Lipinski definition) is 2. The zero-order chi connectivity index (χ0) is 20.3. The molecule has 2 aliphatic heterocycles. The molecule has 1 aromatic rings. The molecule has 2 heterocycles. The summed E-state index contributed by atoms with van der Waals surface area (Å²) in [5, 5.41) is 13.2. The molecule has 2 amide bonds. The van der Waals surface area contributed by atoms with Gasteiger partial charge in [0.05, 0.1) is 23.8 Å². The van der Waals surface area contributed by atoms with Crippen molar-refractivity contribution in [3.05, 3.63) is 35.4 Å². The van der Waals surface area contributed by atoms with E-state index >= 15 is 0 Å². The van der Waals surface area contributed by atoms with Crippen LogP contribution in [0, 0.1) is 11.3 Å². The number of halogens is 3. The van der Waals surface area contributed by atoms with Crippen molar-refractivity contribution in [3.63, 3.8) is 0 Å². The first-order valence-corrected chi connectivity index (χ1v) is 9.63. The molecule has 28 heavy (non-hydrogen) atoms. The van der Waals surface area contributed by atoms with Crippen molar-refractivity contribution < 1.29 is 27.8 Å². The molecule has 154 valence electrons. The maximum absolute atomic E-state index is 13.0. The van der Waals surface area contributed by atoms with E-state index < -0.39 is 23.9 Å². The van der Waals surface area contributed by atoms with E-state index in [1.165, 1.54) is 17.0 Å². The van der Waals surface area contributed by atoms with Gasteiger partial charge in [-0.05, 0) is 30.5 Å².